The molecule has 0 bridgehead atoms. The number of hydrogen-bond acceptors (Lipinski definition) is 6. The third-order valence-electron chi connectivity index (χ3n) is 2.51. The van der Waals surface area contributed by atoms with E-state index in [9.17, 15) is 25.5 Å². The number of phenolic OH excluding ortho intramolecular Hbond substituents is 6. The van der Waals surface area contributed by atoms with Crippen LogP contribution in [0.1, 0.15) is 0 Å². The van der Waals surface area contributed by atoms with E-state index in [1.165, 1.54) is 12.1 Å². The Kier molecular flexibility index (Phi) is 2.55. The Bertz CT molecular complexity index is 620. The zero-order chi connectivity index (χ0) is 13.4. The summed E-state index contributed by atoms with van der Waals surface area (Å²) in [6.07, 6.45) is 0. The lowest BCUT2D eigenvalue weighted by Gasteiger charge is -2.10. The maximum absolute atomic E-state index is 9.65. The fraction of sp³-hybridized carbons (Fsp3) is 0. The molecule has 94 valence electrons. The monoisotopic (exact) mass is 250 g/mol. The van der Waals surface area contributed by atoms with Crippen LogP contribution in [-0.2, 0) is 0 Å². The highest BCUT2D eigenvalue weighted by Gasteiger charge is 2.18. The van der Waals surface area contributed by atoms with E-state index in [1.807, 2.05) is 0 Å². The van der Waals surface area contributed by atoms with Crippen LogP contribution in [-0.4, -0.2) is 30.6 Å². The molecular formula is C12H10O6. The zero-order valence-electron chi connectivity index (χ0n) is 8.99. The van der Waals surface area contributed by atoms with Gasteiger partial charge in [-0.2, -0.15) is 0 Å². The van der Waals surface area contributed by atoms with Crippen LogP contribution in [0.15, 0.2) is 24.3 Å². The van der Waals surface area contributed by atoms with Gasteiger partial charge in [-0.15, -0.1) is 0 Å². The molecule has 0 aliphatic heterocycles. The SMILES string of the molecule is Oc1ccc(-c2cc(O)c(O)c(O)c2O)cc1O. The summed E-state index contributed by atoms with van der Waals surface area (Å²) in [7, 11) is 0. The van der Waals surface area contributed by atoms with Crippen LogP contribution in [0, 0.1) is 0 Å². The normalized spacial score (nSPS) is 10.4. The summed E-state index contributed by atoms with van der Waals surface area (Å²) in [5, 5.41) is 56.1. The summed E-state index contributed by atoms with van der Waals surface area (Å²) in [5.74, 6) is -3.72. The number of benzene rings is 2. The first kappa shape index (κ1) is 11.7. The molecule has 0 fully saturated rings. The molecule has 0 amide bonds. The Morgan fingerprint density at radius 1 is 0.556 bits per heavy atom. The number of aromatic hydroxyl groups is 6. The van der Waals surface area contributed by atoms with E-state index in [0.29, 0.717) is 0 Å². The van der Waals surface area contributed by atoms with Gasteiger partial charge in [0, 0.05) is 5.56 Å². The lowest BCUT2D eigenvalue weighted by molar-refractivity contribution is 0.347. The summed E-state index contributed by atoms with van der Waals surface area (Å²) in [6, 6.07) is 4.71. The summed E-state index contributed by atoms with van der Waals surface area (Å²) < 4.78 is 0. The van der Waals surface area contributed by atoms with Gasteiger partial charge in [0.15, 0.2) is 23.0 Å². The van der Waals surface area contributed by atoms with Crippen LogP contribution in [0.3, 0.4) is 0 Å². The van der Waals surface area contributed by atoms with Crippen molar-refractivity contribution in [1.29, 1.82) is 0 Å². The molecule has 0 aliphatic rings. The standard InChI is InChI=1S/C12H10O6/c13-7-2-1-5(3-8(7)14)6-4-9(15)11(17)12(18)10(6)16/h1-4,13-18H. The van der Waals surface area contributed by atoms with Crippen LogP contribution >= 0.6 is 0 Å². The minimum absolute atomic E-state index is 0.00176. The van der Waals surface area contributed by atoms with E-state index < -0.39 is 28.7 Å². The molecule has 6 nitrogen and oxygen atoms in total. The summed E-state index contributed by atoms with van der Waals surface area (Å²) in [6.45, 7) is 0. The van der Waals surface area contributed by atoms with E-state index in [4.69, 9.17) is 5.11 Å². The third-order valence-corrected chi connectivity index (χ3v) is 2.51. The van der Waals surface area contributed by atoms with Crippen molar-refractivity contribution in [2.45, 2.75) is 0 Å². The quantitative estimate of drug-likeness (QED) is 0.337. The molecule has 18 heavy (non-hydrogen) atoms. The van der Waals surface area contributed by atoms with Crippen molar-refractivity contribution in [3.8, 4) is 45.6 Å². The van der Waals surface area contributed by atoms with Crippen molar-refractivity contribution in [3.05, 3.63) is 24.3 Å². The third kappa shape index (κ3) is 1.69. The minimum Gasteiger partial charge on any atom is -0.504 e. The highest BCUT2D eigenvalue weighted by atomic mass is 16.3. The van der Waals surface area contributed by atoms with Gasteiger partial charge in [0.25, 0.3) is 0 Å². The Morgan fingerprint density at radius 3 is 1.83 bits per heavy atom. The Morgan fingerprint density at radius 2 is 1.22 bits per heavy atom. The number of hydrogen-bond donors (Lipinski definition) is 6. The molecule has 2 rings (SSSR count). The van der Waals surface area contributed by atoms with Crippen molar-refractivity contribution in [1.82, 2.24) is 0 Å². The molecule has 0 aromatic heterocycles. The first-order valence-corrected chi connectivity index (χ1v) is 4.91. The zero-order valence-corrected chi connectivity index (χ0v) is 8.99. The van der Waals surface area contributed by atoms with Crippen molar-refractivity contribution in [2.24, 2.45) is 0 Å². The van der Waals surface area contributed by atoms with Crippen molar-refractivity contribution >= 4 is 0 Å². The van der Waals surface area contributed by atoms with Crippen molar-refractivity contribution < 1.29 is 30.6 Å². The molecule has 0 heterocycles. The maximum Gasteiger partial charge on any atom is 0.204 e. The average Bonchev–Trinajstić information content (AvgIpc) is 2.35. The highest BCUT2D eigenvalue weighted by molar-refractivity contribution is 5.79. The molecule has 0 saturated heterocycles. The fourth-order valence-corrected chi connectivity index (χ4v) is 1.55. The van der Waals surface area contributed by atoms with E-state index >= 15 is 0 Å². The molecule has 0 saturated carbocycles. The predicted molar refractivity (Wildman–Crippen MR) is 61.9 cm³/mol. The van der Waals surface area contributed by atoms with Crippen LogP contribution in [0.5, 0.6) is 34.5 Å². The van der Waals surface area contributed by atoms with E-state index in [1.54, 1.807) is 0 Å². The maximum atomic E-state index is 9.65. The van der Waals surface area contributed by atoms with Gasteiger partial charge in [-0.05, 0) is 23.8 Å². The van der Waals surface area contributed by atoms with Crippen LogP contribution < -0.4 is 0 Å². The van der Waals surface area contributed by atoms with Gasteiger partial charge in [-0.3, -0.25) is 0 Å². The summed E-state index contributed by atoms with van der Waals surface area (Å²) in [4.78, 5) is 0. The Hall–Kier alpha value is -2.76. The second-order valence-corrected chi connectivity index (χ2v) is 3.69. The molecule has 2 aromatic carbocycles. The molecule has 0 aliphatic carbocycles. The number of rotatable bonds is 1. The van der Waals surface area contributed by atoms with Crippen molar-refractivity contribution in [3.63, 3.8) is 0 Å². The lowest BCUT2D eigenvalue weighted by Crippen LogP contribution is -1.82. The Balaban J connectivity index is 2.67. The predicted octanol–water partition coefficient (Wildman–Crippen LogP) is 1.59. The van der Waals surface area contributed by atoms with E-state index in [2.05, 4.69) is 0 Å². The molecule has 6 heteroatoms. The molecule has 0 radical (unpaired) electrons. The largest absolute Gasteiger partial charge is 0.504 e. The van der Waals surface area contributed by atoms with Gasteiger partial charge in [-0.1, -0.05) is 6.07 Å². The fourth-order valence-electron chi connectivity index (χ4n) is 1.55. The van der Waals surface area contributed by atoms with E-state index in [-0.39, 0.29) is 16.9 Å². The topological polar surface area (TPSA) is 121 Å². The van der Waals surface area contributed by atoms with Crippen molar-refractivity contribution in [2.75, 3.05) is 0 Å². The van der Waals surface area contributed by atoms with Gasteiger partial charge in [0.1, 0.15) is 0 Å². The average molecular weight is 250 g/mol. The molecule has 6 N–H and O–H groups in total. The second kappa shape index (κ2) is 3.92. The first-order valence-electron chi connectivity index (χ1n) is 4.91. The van der Waals surface area contributed by atoms with Gasteiger partial charge < -0.3 is 30.6 Å². The molecule has 2 aromatic rings. The second-order valence-electron chi connectivity index (χ2n) is 3.69. The molecule has 0 unspecified atom stereocenters. The van der Waals surface area contributed by atoms with Gasteiger partial charge in [0.2, 0.25) is 11.5 Å². The summed E-state index contributed by atoms with van der Waals surface area (Å²) >= 11 is 0. The van der Waals surface area contributed by atoms with Crippen LogP contribution in [0.4, 0.5) is 0 Å². The Labute approximate surface area is 101 Å². The highest BCUT2D eigenvalue weighted by Crippen LogP contribution is 2.48. The number of phenols is 6. The molecule has 0 spiro atoms. The molecule has 0 atom stereocenters. The van der Waals surface area contributed by atoms with Crippen LogP contribution in [0.25, 0.3) is 11.1 Å². The molecular weight excluding hydrogens is 240 g/mol. The van der Waals surface area contributed by atoms with E-state index in [0.717, 1.165) is 12.1 Å². The van der Waals surface area contributed by atoms with Gasteiger partial charge >= 0.3 is 0 Å². The van der Waals surface area contributed by atoms with Gasteiger partial charge in [-0.25, -0.2) is 0 Å². The summed E-state index contributed by atoms with van der Waals surface area (Å²) in [5.41, 5.74) is 0.242. The van der Waals surface area contributed by atoms with Gasteiger partial charge in [0.05, 0.1) is 0 Å². The van der Waals surface area contributed by atoms with Crippen LogP contribution in [0.2, 0.25) is 0 Å². The minimum atomic E-state index is -0.863. The first-order chi connectivity index (χ1) is 8.41. The lowest BCUT2D eigenvalue weighted by atomic mass is 10.0. The smallest absolute Gasteiger partial charge is 0.204 e.